The normalized spacial score (nSPS) is 10.6. The zero-order valence-electron chi connectivity index (χ0n) is 11.1. The Labute approximate surface area is 108 Å². The second-order valence-corrected chi connectivity index (χ2v) is 4.07. The summed E-state index contributed by atoms with van der Waals surface area (Å²) in [6.45, 7) is 8.01. The van der Waals surface area contributed by atoms with Crippen molar-refractivity contribution in [3.8, 4) is 0 Å². The number of hydrogen-bond donors (Lipinski definition) is 2. The van der Waals surface area contributed by atoms with Crippen LogP contribution in [0.15, 0.2) is 18.3 Å². The Balaban J connectivity index is 2.32. The number of carbonyl (C=O) groups excluding carboxylic acids is 1. The first-order chi connectivity index (χ1) is 8.69. The number of amides is 1. The minimum Gasteiger partial charge on any atom is -0.383 e. The molecule has 0 atom stereocenters. The lowest BCUT2D eigenvalue weighted by Crippen LogP contribution is -2.30. The average Bonchev–Trinajstić information content (AvgIpc) is 2.39. The number of hydrogen-bond acceptors (Lipinski definition) is 4. The molecule has 0 aliphatic carbocycles. The number of nitrogen functional groups attached to an aromatic ring is 1. The molecule has 3 N–H and O–H groups in total. The number of rotatable bonds is 7. The van der Waals surface area contributed by atoms with Gasteiger partial charge in [-0.2, -0.15) is 0 Å². The van der Waals surface area contributed by atoms with Crippen molar-refractivity contribution < 1.29 is 4.79 Å². The lowest BCUT2D eigenvalue weighted by molar-refractivity contribution is 0.0952. The van der Waals surface area contributed by atoms with Gasteiger partial charge in [-0.25, -0.2) is 4.98 Å². The molecule has 5 nitrogen and oxygen atoms in total. The van der Waals surface area contributed by atoms with Crippen molar-refractivity contribution in [3.05, 3.63) is 23.9 Å². The SMILES string of the molecule is CCN(CC)CCCNC(=O)c1cccnc1N. The monoisotopic (exact) mass is 250 g/mol. The summed E-state index contributed by atoms with van der Waals surface area (Å²) in [5, 5.41) is 2.86. The molecule has 0 saturated carbocycles. The highest BCUT2D eigenvalue weighted by atomic mass is 16.1. The van der Waals surface area contributed by atoms with Crippen LogP contribution in [0.1, 0.15) is 30.6 Å². The largest absolute Gasteiger partial charge is 0.383 e. The highest BCUT2D eigenvalue weighted by molar-refractivity contribution is 5.98. The Morgan fingerprint density at radius 2 is 2.17 bits per heavy atom. The Bertz CT molecular complexity index is 377. The topological polar surface area (TPSA) is 71.2 Å². The first kappa shape index (κ1) is 14.4. The van der Waals surface area contributed by atoms with Crippen molar-refractivity contribution in [1.82, 2.24) is 15.2 Å². The van der Waals surface area contributed by atoms with Crippen LogP contribution in [0.5, 0.6) is 0 Å². The smallest absolute Gasteiger partial charge is 0.255 e. The molecule has 18 heavy (non-hydrogen) atoms. The highest BCUT2D eigenvalue weighted by Crippen LogP contribution is 2.05. The first-order valence-corrected chi connectivity index (χ1v) is 6.40. The van der Waals surface area contributed by atoms with Gasteiger partial charge in [0.25, 0.3) is 5.91 Å². The maximum atomic E-state index is 11.8. The average molecular weight is 250 g/mol. The van der Waals surface area contributed by atoms with Crippen molar-refractivity contribution in [2.45, 2.75) is 20.3 Å². The Kier molecular flexibility index (Phi) is 6.14. The van der Waals surface area contributed by atoms with Crippen LogP contribution in [0.25, 0.3) is 0 Å². The quantitative estimate of drug-likeness (QED) is 0.712. The van der Waals surface area contributed by atoms with Crippen molar-refractivity contribution in [2.24, 2.45) is 0 Å². The zero-order chi connectivity index (χ0) is 13.4. The summed E-state index contributed by atoms with van der Waals surface area (Å²) in [5.41, 5.74) is 6.08. The van der Waals surface area contributed by atoms with Gasteiger partial charge in [-0.3, -0.25) is 4.79 Å². The third-order valence-electron chi connectivity index (χ3n) is 2.91. The predicted molar refractivity (Wildman–Crippen MR) is 73.4 cm³/mol. The molecular formula is C13H22N4O. The Morgan fingerprint density at radius 3 is 2.78 bits per heavy atom. The fraction of sp³-hybridized carbons (Fsp3) is 0.538. The first-order valence-electron chi connectivity index (χ1n) is 6.40. The fourth-order valence-corrected chi connectivity index (χ4v) is 1.75. The molecule has 0 saturated heterocycles. The number of aromatic nitrogens is 1. The van der Waals surface area contributed by atoms with E-state index in [0.29, 0.717) is 12.1 Å². The van der Waals surface area contributed by atoms with Gasteiger partial charge in [0.2, 0.25) is 0 Å². The molecule has 0 aliphatic heterocycles. The van der Waals surface area contributed by atoms with Crippen LogP contribution < -0.4 is 11.1 Å². The third kappa shape index (κ3) is 4.33. The molecule has 0 fully saturated rings. The van der Waals surface area contributed by atoms with Crippen molar-refractivity contribution in [1.29, 1.82) is 0 Å². The van der Waals surface area contributed by atoms with Crippen LogP contribution in [0.2, 0.25) is 0 Å². The summed E-state index contributed by atoms with van der Waals surface area (Å²) in [7, 11) is 0. The van der Waals surface area contributed by atoms with E-state index in [-0.39, 0.29) is 11.7 Å². The van der Waals surface area contributed by atoms with Crippen LogP contribution in [-0.2, 0) is 0 Å². The summed E-state index contributed by atoms with van der Waals surface area (Å²) < 4.78 is 0. The van der Waals surface area contributed by atoms with E-state index >= 15 is 0 Å². The maximum absolute atomic E-state index is 11.8. The van der Waals surface area contributed by atoms with Crippen molar-refractivity contribution >= 4 is 11.7 Å². The second kappa shape index (κ2) is 7.66. The lowest BCUT2D eigenvalue weighted by atomic mass is 10.2. The molecule has 1 aromatic heterocycles. The van der Waals surface area contributed by atoms with E-state index in [9.17, 15) is 4.79 Å². The van der Waals surface area contributed by atoms with E-state index in [1.807, 2.05) is 0 Å². The number of carbonyl (C=O) groups is 1. The molecular weight excluding hydrogens is 228 g/mol. The van der Waals surface area contributed by atoms with E-state index in [0.717, 1.165) is 26.1 Å². The third-order valence-corrected chi connectivity index (χ3v) is 2.91. The van der Waals surface area contributed by atoms with Crippen LogP contribution in [0.4, 0.5) is 5.82 Å². The number of anilines is 1. The van der Waals surface area contributed by atoms with Crippen LogP contribution in [-0.4, -0.2) is 42.0 Å². The van der Waals surface area contributed by atoms with Crippen molar-refractivity contribution in [2.75, 3.05) is 31.9 Å². The predicted octanol–water partition coefficient (Wildman–Crippen LogP) is 1.13. The van der Waals surface area contributed by atoms with Gasteiger partial charge in [0.15, 0.2) is 0 Å². The van der Waals surface area contributed by atoms with E-state index in [4.69, 9.17) is 5.73 Å². The maximum Gasteiger partial charge on any atom is 0.255 e. The van der Waals surface area contributed by atoms with Gasteiger partial charge in [0.05, 0.1) is 5.56 Å². The summed E-state index contributed by atoms with van der Waals surface area (Å²) >= 11 is 0. The van der Waals surface area contributed by atoms with Gasteiger partial charge in [0.1, 0.15) is 5.82 Å². The molecule has 0 bridgehead atoms. The van der Waals surface area contributed by atoms with Crippen LogP contribution >= 0.6 is 0 Å². The molecule has 1 rings (SSSR count). The van der Waals surface area contributed by atoms with Gasteiger partial charge in [-0.1, -0.05) is 13.8 Å². The van der Waals surface area contributed by atoms with Crippen LogP contribution in [0.3, 0.4) is 0 Å². The summed E-state index contributed by atoms with van der Waals surface area (Å²) in [5.74, 6) is 0.124. The van der Waals surface area contributed by atoms with E-state index < -0.39 is 0 Å². The van der Waals surface area contributed by atoms with Gasteiger partial charge in [0, 0.05) is 12.7 Å². The Hall–Kier alpha value is -1.62. The van der Waals surface area contributed by atoms with Crippen molar-refractivity contribution in [3.63, 3.8) is 0 Å². The van der Waals surface area contributed by atoms with E-state index in [1.165, 1.54) is 0 Å². The molecule has 0 spiro atoms. The van der Waals surface area contributed by atoms with E-state index in [1.54, 1.807) is 18.3 Å². The lowest BCUT2D eigenvalue weighted by Gasteiger charge is -2.17. The summed E-state index contributed by atoms with van der Waals surface area (Å²) in [6.07, 6.45) is 2.51. The number of nitrogens with zero attached hydrogens (tertiary/aromatic N) is 2. The molecule has 0 aliphatic rings. The molecule has 5 heteroatoms. The zero-order valence-corrected chi connectivity index (χ0v) is 11.1. The second-order valence-electron chi connectivity index (χ2n) is 4.07. The molecule has 100 valence electrons. The molecule has 0 aromatic carbocycles. The molecule has 0 unspecified atom stereocenters. The van der Waals surface area contributed by atoms with Gasteiger partial charge in [-0.05, 0) is 38.2 Å². The summed E-state index contributed by atoms with van der Waals surface area (Å²) in [6, 6.07) is 3.39. The minimum atomic E-state index is -0.153. The summed E-state index contributed by atoms with van der Waals surface area (Å²) in [4.78, 5) is 18.0. The molecule has 0 radical (unpaired) electrons. The molecule has 1 aromatic rings. The standard InChI is InChI=1S/C13H22N4O/c1-3-17(4-2)10-6-9-16-13(18)11-7-5-8-15-12(11)14/h5,7-8H,3-4,6,9-10H2,1-2H3,(H2,14,15)(H,16,18). The van der Waals surface area contributed by atoms with Crippen LogP contribution in [0, 0.1) is 0 Å². The number of nitrogens with two attached hydrogens (primary N) is 1. The fourth-order valence-electron chi connectivity index (χ4n) is 1.75. The van der Waals surface area contributed by atoms with Gasteiger partial charge >= 0.3 is 0 Å². The number of pyridine rings is 1. The molecule has 1 heterocycles. The van der Waals surface area contributed by atoms with Gasteiger partial charge < -0.3 is 16.0 Å². The van der Waals surface area contributed by atoms with E-state index in [2.05, 4.69) is 29.0 Å². The number of nitrogens with one attached hydrogen (secondary N) is 1. The van der Waals surface area contributed by atoms with Gasteiger partial charge in [-0.15, -0.1) is 0 Å². The molecule has 1 amide bonds. The minimum absolute atomic E-state index is 0.153. The Morgan fingerprint density at radius 1 is 1.44 bits per heavy atom. The highest BCUT2D eigenvalue weighted by Gasteiger charge is 2.08.